The Morgan fingerprint density at radius 1 is 1.00 bits per heavy atom. The topological polar surface area (TPSA) is 46.2 Å². The Hall–Kier alpha value is -0.940. The van der Waals surface area contributed by atoms with E-state index in [0.29, 0.717) is 5.69 Å². The van der Waals surface area contributed by atoms with Gasteiger partial charge in [-0.2, -0.15) is 0 Å². The van der Waals surface area contributed by atoms with Gasteiger partial charge in [-0.15, -0.1) is 0 Å². The Labute approximate surface area is 138 Å². The number of rotatable bonds is 4. The van der Waals surface area contributed by atoms with Crippen molar-refractivity contribution in [3.8, 4) is 0 Å². The Bertz CT molecular complexity index is 776. The van der Waals surface area contributed by atoms with Crippen molar-refractivity contribution in [2.24, 2.45) is 0 Å². The van der Waals surface area contributed by atoms with E-state index in [4.69, 9.17) is 34.8 Å². The standard InChI is InChI=1S/C14H12Cl3NO2S/c1-2-9-4-3-5-10(6-9)18-21(19,20)14-8-12(16)11(15)7-13(14)17/h3-8,18H,2H2,1H3. The van der Waals surface area contributed by atoms with Crippen LogP contribution in [-0.2, 0) is 16.4 Å². The summed E-state index contributed by atoms with van der Waals surface area (Å²) in [6.07, 6.45) is 0.809. The molecule has 2 aromatic carbocycles. The summed E-state index contributed by atoms with van der Waals surface area (Å²) < 4.78 is 27.3. The molecule has 0 aliphatic rings. The van der Waals surface area contributed by atoms with Gasteiger partial charge in [0.15, 0.2) is 0 Å². The zero-order valence-corrected chi connectivity index (χ0v) is 14.1. The molecule has 0 atom stereocenters. The average molecular weight is 365 g/mol. The van der Waals surface area contributed by atoms with Crippen molar-refractivity contribution in [2.75, 3.05) is 4.72 Å². The van der Waals surface area contributed by atoms with E-state index in [9.17, 15) is 8.42 Å². The summed E-state index contributed by atoms with van der Waals surface area (Å²) >= 11 is 17.6. The van der Waals surface area contributed by atoms with Gasteiger partial charge in [0.1, 0.15) is 4.90 Å². The molecule has 0 radical (unpaired) electrons. The summed E-state index contributed by atoms with van der Waals surface area (Å²) in [4.78, 5) is -0.111. The Kier molecular flexibility index (Phi) is 5.04. The lowest BCUT2D eigenvalue weighted by atomic mass is 10.1. The fourth-order valence-electron chi connectivity index (χ4n) is 1.78. The molecule has 112 valence electrons. The van der Waals surface area contributed by atoms with Gasteiger partial charge >= 0.3 is 0 Å². The van der Waals surface area contributed by atoms with Gasteiger partial charge in [0.25, 0.3) is 10.0 Å². The van der Waals surface area contributed by atoms with Gasteiger partial charge in [-0.1, -0.05) is 53.9 Å². The van der Waals surface area contributed by atoms with Gasteiger partial charge in [-0.05, 0) is 36.2 Å². The molecule has 1 N–H and O–H groups in total. The maximum atomic E-state index is 12.4. The minimum Gasteiger partial charge on any atom is -0.280 e. The first-order valence-corrected chi connectivity index (χ1v) is 8.71. The number of hydrogen-bond acceptors (Lipinski definition) is 2. The van der Waals surface area contributed by atoms with Crippen LogP contribution in [0.1, 0.15) is 12.5 Å². The highest BCUT2D eigenvalue weighted by atomic mass is 35.5. The van der Waals surface area contributed by atoms with E-state index in [0.717, 1.165) is 12.0 Å². The third-order valence-electron chi connectivity index (χ3n) is 2.85. The molecule has 7 heteroatoms. The van der Waals surface area contributed by atoms with E-state index in [1.54, 1.807) is 18.2 Å². The zero-order chi connectivity index (χ0) is 15.6. The van der Waals surface area contributed by atoms with Crippen LogP contribution < -0.4 is 4.72 Å². The van der Waals surface area contributed by atoms with Crippen LogP contribution in [0.3, 0.4) is 0 Å². The van der Waals surface area contributed by atoms with Gasteiger partial charge in [0.05, 0.1) is 15.1 Å². The molecular weight excluding hydrogens is 353 g/mol. The molecule has 0 fully saturated rings. The summed E-state index contributed by atoms with van der Waals surface area (Å²) in [5.41, 5.74) is 1.49. The maximum Gasteiger partial charge on any atom is 0.263 e. The van der Waals surface area contributed by atoms with Crippen LogP contribution >= 0.6 is 34.8 Å². The molecule has 0 bridgehead atoms. The summed E-state index contributed by atoms with van der Waals surface area (Å²) in [5.74, 6) is 0. The fourth-order valence-corrected chi connectivity index (χ4v) is 3.83. The van der Waals surface area contributed by atoms with E-state index in [-0.39, 0.29) is 20.0 Å². The molecule has 2 rings (SSSR count). The van der Waals surface area contributed by atoms with E-state index >= 15 is 0 Å². The normalized spacial score (nSPS) is 11.4. The van der Waals surface area contributed by atoms with Crippen LogP contribution in [0, 0.1) is 0 Å². The van der Waals surface area contributed by atoms with Crippen LogP contribution in [0.5, 0.6) is 0 Å². The first-order valence-electron chi connectivity index (χ1n) is 6.10. The number of benzene rings is 2. The SMILES string of the molecule is CCc1cccc(NS(=O)(=O)c2cc(Cl)c(Cl)cc2Cl)c1. The van der Waals surface area contributed by atoms with Gasteiger partial charge in [0.2, 0.25) is 0 Å². The summed E-state index contributed by atoms with van der Waals surface area (Å²) in [6.45, 7) is 1.99. The van der Waals surface area contributed by atoms with Crippen molar-refractivity contribution in [3.63, 3.8) is 0 Å². The van der Waals surface area contributed by atoms with E-state index in [1.165, 1.54) is 12.1 Å². The number of sulfonamides is 1. The molecule has 3 nitrogen and oxygen atoms in total. The van der Waals surface area contributed by atoms with Crippen molar-refractivity contribution in [1.29, 1.82) is 0 Å². The first kappa shape index (κ1) is 16.4. The van der Waals surface area contributed by atoms with Gasteiger partial charge in [-0.25, -0.2) is 8.42 Å². The molecule has 0 heterocycles. The van der Waals surface area contributed by atoms with Crippen molar-refractivity contribution in [2.45, 2.75) is 18.2 Å². The molecule has 21 heavy (non-hydrogen) atoms. The second-order valence-electron chi connectivity index (χ2n) is 4.36. The van der Waals surface area contributed by atoms with Crippen LogP contribution in [-0.4, -0.2) is 8.42 Å². The maximum absolute atomic E-state index is 12.4. The number of halogens is 3. The van der Waals surface area contributed by atoms with E-state index in [2.05, 4.69) is 4.72 Å². The third kappa shape index (κ3) is 3.83. The van der Waals surface area contributed by atoms with Gasteiger partial charge in [-0.3, -0.25) is 4.72 Å². The largest absolute Gasteiger partial charge is 0.280 e. The first-order chi connectivity index (χ1) is 9.83. The molecule has 0 amide bonds. The minimum atomic E-state index is -3.83. The number of anilines is 1. The highest BCUT2D eigenvalue weighted by molar-refractivity contribution is 7.92. The monoisotopic (exact) mass is 363 g/mol. The Balaban J connectivity index is 2.40. The summed E-state index contributed by atoms with van der Waals surface area (Å²) in [5, 5.41) is 0.348. The van der Waals surface area contributed by atoms with Gasteiger partial charge < -0.3 is 0 Å². The molecule has 0 spiro atoms. The van der Waals surface area contributed by atoms with Crippen LogP contribution in [0.2, 0.25) is 15.1 Å². The molecule has 0 aromatic heterocycles. The predicted molar refractivity (Wildman–Crippen MR) is 88.1 cm³/mol. The second kappa shape index (κ2) is 6.44. The minimum absolute atomic E-state index is 0.0172. The molecule has 0 aliphatic heterocycles. The van der Waals surface area contributed by atoms with Crippen molar-refractivity contribution >= 4 is 50.5 Å². The average Bonchev–Trinajstić information content (AvgIpc) is 2.42. The highest BCUT2D eigenvalue weighted by Crippen LogP contribution is 2.32. The lowest BCUT2D eigenvalue weighted by Crippen LogP contribution is -2.13. The zero-order valence-electron chi connectivity index (χ0n) is 11.0. The van der Waals surface area contributed by atoms with Crippen molar-refractivity contribution in [1.82, 2.24) is 0 Å². The summed E-state index contributed by atoms with van der Waals surface area (Å²) in [6, 6.07) is 9.68. The number of nitrogens with one attached hydrogen (secondary N) is 1. The quantitative estimate of drug-likeness (QED) is 0.775. The van der Waals surface area contributed by atoms with Gasteiger partial charge in [0, 0.05) is 5.69 Å². The van der Waals surface area contributed by atoms with Crippen LogP contribution in [0.4, 0.5) is 5.69 Å². The van der Waals surface area contributed by atoms with Crippen LogP contribution in [0.15, 0.2) is 41.3 Å². The molecule has 0 aliphatic carbocycles. The predicted octanol–water partition coefficient (Wildman–Crippen LogP) is 5.01. The lowest BCUT2D eigenvalue weighted by molar-refractivity contribution is 0.601. The lowest BCUT2D eigenvalue weighted by Gasteiger charge is -2.11. The van der Waals surface area contributed by atoms with Crippen molar-refractivity contribution < 1.29 is 8.42 Å². The Morgan fingerprint density at radius 3 is 2.33 bits per heavy atom. The number of aryl methyl sites for hydroxylation is 1. The molecule has 0 unspecified atom stereocenters. The van der Waals surface area contributed by atoms with E-state index in [1.807, 2.05) is 13.0 Å². The third-order valence-corrected chi connectivity index (χ3v) is 5.42. The molecule has 0 saturated heterocycles. The van der Waals surface area contributed by atoms with Crippen LogP contribution in [0.25, 0.3) is 0 Å². The fraction of sp³-hybridized carbons (Fsp3) is 0.143. The molecular formula is C14H12Cl3NO2S. The van der Waals surface area contributed by atoms with Crippen molar-refractivity contribution in [3.05, 3.63) is 57.0 Å². The molecule has 2 aromatic rings. The number of hydrogen-bond donors (Lipinski definition) is 1. The summed E-state index contributed by atoms with van der Waals surface area (Å²) in [7, 11) is -3.83. The second-order valence-corrected chi connectivity index (χ2v) is 7.23. The smallest absolute Gasteiger partial charge is 0.263 e. The van der Waals surface area contributed by atoms with E-state index < -0.39 is 10.0 Å². The Morgan fingerprint density at radius 2 is 1.67 bits per heavy atom. The molecule has 0 saturated carbocycles. The highest BCUT2D eigenvalue weighted by Gasteiger charge is 2.20.